The zero-order valence-electron chi connectivity index (χ0n) is 10.9. The van der Waals surface area contributed by atoms with Crippen LogP contribution in [0.5, 0.6) is 0 Å². The van der Waals surface area contributed by atoms with Crippen LogP contribution in [0.15, 0.2) is 0 Å². The van der Waals surface area contributed by atoms with Crippen molar-refractivity contribution in [1.82, 2.24) is 4.90 Å². The number of amides is 1. The summed E-state index contributed by atoms with van der Waals surface area (Å²) in [4.78, 5) is 14.2. The highest BCUT2D eigenvalue weighted by atomic mass is 16.2. The highest BCUT2D eigenvalue weighted by molar-refractivity contribution is 5.77. The second-order valence-corrected chi connectivity index (χ2v) is 5.39. The number of hydrogen-bond donors (Lipinski definition) is 1. The Balaban J connectivity index is 2.46. The normalized spacial score (nSPS) is 17.6. The fraction of sp³-hybridized carbons (Fsp3) is 0.923. The number of carbonyl (C=O) groups excluding carboxylic acids is 1. The Bertz CT molecular complexity index is 220. The van der Waals surface area contributed by atoms with Crippen LogP contribution < -0.4 is 5.73 Å². The molecule has 0 spiro atoms. The van der Waals surface area contributed by atoms with Crippen LogP contribution in [0.25, 0.3) is 0 Å². The van der Waals surface area contributed by atoms with Crippen LogP contribution in [-0.2, 0) is 4.79 Å². The standard InChI is InChI=1S/C13H26N2O/c1-4-11(8-14)7-13(16)15(9-10(2)3)12-5-6-12/h10-12H,4-9,14H2,1-3H3. The molecular formula is C13H26N2O. The summed E-state index contributed by atoms with van der Waals surface area (Å²) < 4.78 is 0. The molecule has 0 aliphatic heterocycles. The minimum atomic E-state index is 0.313. The van der Waals surface area contributed by atoms with Crippen molar-refractivity contribution in [2.45, 2.75) is 52.5 Å². The second-order valence-electron chi connectivity index (χ2n) is 5.39. The Hall–Kier alpha value is -0.570. The molecule has 1 aliphatic rings. The Morgan fingerprint density at radius 1 is 1.44 bits per heavy atom. The van der Waals surface area contributed by atoms with Gasteiger partial charge in [0.25, 0.3) is 0 Å². The average molecular weight is 226 g/mol. The summed E-state index contributed by atoms with van der Waals surface area (Å²) in [5.41, 5.74) is 5.65. The van der Waals surface area contributed by atoms with E-state index in [1.807, 2.05) is 0 Å². The van der Waals surface area contributed by atoms with Gasteiger partial charge in [-0.1, -0.05) is 27.2 Å². The van der Waals surface area contributed by atoms with E-state index in [4.69, 9.17) is 5.73 Å². The van der Waals surface area contributed by atoms with Crippen molar-refractivity contribution in [2.24, 2.45) is 17.6 Å². The molecule has 1 unspecified atom stereocenters. The van der Waals surface area contributed by atoms with Gasteiger partial charge in [0.15, 0.2) is 0 Å². The van der Waals surface area contributed by atoms with Crippen LogP contribution in [0, 0.1) is 11.8 Å². The highest BCUT2D eigenvalue weighted by Crippen LogP contribution is 2.28. The van der Waals surface area contributed by atoms with Crippen LogP contribution in [0.1, 0.15) is 46.5 Å². The molecule has 0 saturated heterocycles. The van der Waals surface area contributed by atoms with E-state index in [0.29, 0.717) is 36.8 Å². The predicted molar refractivity (Wildman–Crippen MR) is 67.0 cm³/mol. The molecule has 0 radical (unpaired) electrons. The van der Waals surface area contributed by atoms with Crippen molar-refractivity contribution in [2.75, 3.05) is 13.1 Å². The third kappa shape index (κ3) is 4.12. The molecule has 0 aromatic rings. The predicted octanol–water partition coefficient (Wildman–Crippen LogP) is 2.01. The van der Waals surface area contributed by atoms with Crippen molar-refractivity contribution < 1.29 is 4.79 Å². The number of nitrogens with zero attached hydrogens (tertiary/aromatic N) is 1. The SMILES string of the molecule is CCC(CN)CC(=O)N(CC(C)C)C1CC1. The summed E-state index contributed by atoms with van der Waals surface area (Å²) in [7, 11) is 0. The second kappa shape index (κ2) is 6.24. The Labute approximate surface area is 99.4 Å². The molecule has 3 nitrogen and oxygen atoms in total. The van der Waals surface area contributed by atoms with Crippen molar-refractivity contribution in [3.05, 3.63) is 0 Å². The zero-order valence-corrected chi connectivity index (χ0v) is 10.9. The van der Waals surface area contributed by atoms with E-state index in [0.717, 1.165) is 13.0 Å². The molecule has 1 fully saturated rings. The van der Waals surface area contributed by atoms with Gasteiger partial charge in [0.05, 0.1) is 0 Å². The van der Waals surface area contributed by atoms with Gasteiger partial charge in [-0.2, -0.15) is 0 Å². The molecule has 16 heavy (non-hydrogen) atoms. The summed E-state index contributed by atoms with van der Waals surface area (Å²) in [6, 6.07) is 0.533. The van der Waals surface area contributed by atoms with Crippen LogP contribution in [0.2, 0.25) is 0 Å². The lowest BCUT2D eigenvalue weighted by molar-refractivity contribution is -0.133. The first-order valence-corrected chi connectivity index (χ1v) is 6.58. The smallest absolute Gasteiger partial charge is 0.223 e. The van der Waals surface area contributed by atoms with Gasteiger partial charge in [-0.05, 0) is 31.2 Å². The van der Waals surface area contributed by atoms with E-state index in [1.54, 1.807) is 0 Å². The summed E-state index contributed by atoms with van der Waals surface area (Å²) in [5.74, 6) is 1.23. The van der Waals surface area contributed by atoms with Crippen LogP contribution in [-0.4, -0.2) is 29.9 Å². The molecule has 94 valence electrons. The average Bonchev–Trinajstić information content (AvgIpc) is 3.05. The van der Waals surface area contributed by atoms with Gasteiger partial charge in [-0.3, -0.25) is 4.79 Å². The summed E-state index contributed by atoms with van der Waals surface area (Å²) in [6.07, 6.45) is 4.02. The number of carbonyl (C=O) groups is 1. The Morgan fingerprint density at radius 2 is 2.06 bits per heavy atom. The minimum Gasteiger partial charge on any atom is -0.339 e. The maximum atomic E-state index is 12.2. The third-order valence-corrected chi connectivity index (χ3v) is 3.24. The van der Waals surface area contributed by atoms with E-state index in [1.165, 1.54) is 12.8 Å². The molecule has 1 atom stereocenters. The molecule has 0 aromatic carbocycles. The number of hydrogen-bond acceptors (Lipinski definition) is 2. The van der Waals surface area contributed by atoms with Crippen molar-refractivity contribution in [1.29, 1.82) is 0 Å². The number of nitrogens with two attached hydrogens (primary N) is 1. The van der Waals surface area contributed by atoms with E-state index >= 15 is 0 Å². The van der Waals surface area contributed by atoms with Gasteiger partial charge in [0.2, 0.25) is 5.91 Å². The molecule has 0 aromatic heterocycles. The molecule has 0 bridgehead atoms. The van der Waals surface area contributed by atoms with Gasteiger partial charge in [-0.25, -0.2) is 0 Å². The van der Waals surface area contributed by atoms with Crippen LogP contribution >= 0.6 is 0 Å². The summed E-state index contributed by atoms with van der Waals surface area (Å²) in [6.45, 7) is 7.98. The molecule has 3 heteroatoms. The van der Waals surface area contributed by atoms with Gasteiger partial charge in [0.1, 0.15) is 0 Å². The summed E-state index contributed by atoms with van der Waals surface area (Å²) >= 11 is 0. The largest absolute Gasteiger partial charge is 0.339 e. The maximum Gasteiger partial charge on any atom is 0.223 e. The quantitative estimate of drug-likeness (QED) is 0.722. The molecule has 1 aliphatic carbocycles. The van der Waals surface area contributed by atoms with Crippen LogP contribution in [0.3, 0.4) is 0 Å². The Morgan fingerprint density at radius 3 is 2.44 bits per heavy atom. The minimum absolute atomic E-state index is 0.313. The van der Waals surface area contributed by atoms with E-state index in [9.17, 15) is 4.79 Å². The fourth-order valence-corrected chi connectivity index (χ4v) is 1.99. The summed E-state index contributed by atoms with van der Waals surface area (Å²) in [5, 5.41) is 0. The topological polar surface area (TPSA) is 46.3 Å². The molecule has 1 saturated carbocycles. The van der Waals surface area contributed by atoms with Crippen molar-refractivity contribution in [3.63, 3.8) is 0 Å². The molecular weight excluding hydrogens is 200 g/mol. The first-order valence-electron chi connectivity index (χ1n) is 6.58. The van der Waals surface area contributed by atoms with E-state index < -0.39 is 0 Å². The monoisotopic (exact) mass is 226 g/mol. The molecule has 1 rings (SSSR count). The fourth-order valence-electron chi connectivity index (χ4n) is 1.99. The van der Waals surface area contributed by atoms with E-state index in [2.05, 4.69) is 25.7 Å². The lowest BCUT2D eigenvalue weighted by Crippen LogP contribution is -2.37. The van der Waals surface area contributed by atoms with Gasteiger partial charge < -0.3 is 10.6 Å². The van der Waals surface area contributed by atoms with Gasteiger partial charge in [-0.15, -0.1) is 0 Å². The molecule has 2 N–H and O–H groups in total. The number of rotatable bonds is 7. The first kappa shape index (κ1) is 13.5. The zero-order chi connectivity index (χ0) is 12.1. The lowest BCUT2D eigenvalue weighted by Gasteiger charge is -2.26. The van der Waals surface area contributed by atoms with Gasteiger partial charge in [0, 0.05) is 19.0 Å². The van der Waals surface area contributed by atoms with E-state index in [-0.39, 0.29) is 0 Å². The lowest BCUT2D eigenvalue weighted by atomic mass is 10.0. The van der Waals surface area contributed by atoms with Crippen molar-refractivity contribution in [3.8, 4) is 0 Å². The third-order valence-electron chi connectivity index (χ3n) is 3.24. The highest BCUT2D eigenvalue weighted by Gasteiger charge is 2.33. The molecule has 1 amide bonds. The van der Waals surface area contributed by atoms with Crippen LogP contribution in [0.4, 0.5) is 0 Å². The molecule has 0 heterocycles. The first-order chi connectivity index (χ1) is 7.58. The Kier molecular flexibility index (Phi) is 5.26. The van der Waals surface area contributed by atoms with Crippen molar-refractivity contribution >= 4 is 5.91 Å². The van der Waals surface area contributed by atoms with Gasteiger partial charge >= 0.3 is 0 Å². The maximum absolute atomic E-state index is 12.2.